The summed E-state index contributed by atoms with van der Waals surface area (Å²) < 4.78 is 5.35. The standard InChI is InChI=1S/C12H17Cl2N3O2.2ClH/c1-8(6-15-2)11(18)16-3-4-19-12-10(14)5-9(13)7-17-12;;/h5,7-8,15H,3-4,6H2,1-2H3,(H,16,18);2*1H. The Hall–Kier alpha value is -0.460. The van der Waals surface area contributed by atoms with Crippen LogP contribution >= 0.6 is 48.0 Å². The Bertz CT molecular complexity index is 435. The molecule has 9 heteroatoms. The molecule has 5 nitrogen and oxygen atoms in total. The monoisotopic (exact) mass is 377 g/mol. The third-order valence-electron chi connectivity index (χ3n) is 2.37. The van der Waals surface area contributed by atoms with Crippen molar-refractivity contribution in [2.24, 2.45) is 5.92 Å². The van der Waals surface area contributed by atoms with E-state index in [9.17, 15) is 4.79 Å². The summed E-state index contributed by atoms with van der Waals surface area (Å²) in [5, 5.41) is 6.51. The van der Waals surface area contributed by atoms with Crippen molar-refractivity contribution < 1.29 is 9.53 Å². The number of aromatic nitrogens is 1. The van der Waals surface area contributed by atoms with E-state index in [-0.39, 0.29) is 36.6 Å². The van der Waals surface area contributed by atoms with Crippen LogP contribution in [-0.2, 0) is 4.79 Å². The van der Waals surface area contributed by atoms with Crippen LogP contribution in [0.4, 0.5) is 0 Å². The number of carbonyl (C=O) groups is 1. The van der Waals surface area contributed by atoms with Crippen LogP contribution in [0.2, 0.25) is 10.0 Å². The third-order valence-corrected chi connectivity index (χ3v) is 2.85. The molecule has 1 rings (SSSR count). The van der Waals surface area contributed by atoms with E-state index in [4.69, 9.17) is 27.9 Å². The molecule has 0 fully saturated rings. The number of carbonyl (C=O) groups excluding carboxylic acids is 1. The zero-order valence-electron chi connectivity index (χ0n) is 11.7. The minimum absolute atomic E-state index is 0. The molecule has 1 heterocycles. The van der Waals surface area contributed by atoms with E-state index in [1.54, 1.807) is 13.1 Å². The Labute approximate surface area is 146 Å². The quantitative estimate of drug-likeness (QED) is 0.715. The SMILES string of the molecule is CNCC(C)C(=O)NCCOc1ncc(Cl)cc1Cl.Cl.Cl. The molecule has 2 N–H and O–H groups in total. The van der Waals surface area contributed by atoms with Crippen LogP contribution in [0.5, 0.6) is 5.88 Å². The van der Waals surface area contributed by atoms with Gasteiger partial charge in [0.15, 0.2) is 0 Å². The van der Waals surface area contributed by atoms with Gasteiger partial charge in [-0.15, -0.1) is 24.8 Å². The predicted octanol–water partition coefficient (Wildman–Crippen LogP) is 2.58. The highest BCUT2D eigenvalue weighted by Gasteiger charge is 2.11. The molecule has 0 saturated carbocycles. The van der Waals surface area contributed by atoms with Crippen LogP contribution in [0.15, 0.2) is 12.3 Å². The maximum atomic E-state index is 11.6. The number of hydrogen-bond acceptors (Lipinski definition) is 4. The van der Waals surface area contributed by atoms with E-state index in [0.717, 1.165) is 0 Å². The summed E-state index contributed by atoms with van der Waals surface area (Å²) in [7, 11) is 1.81. The van der Waals surface area contributed by atoms with Crippen molar-refractivity contribution in [3.8, 4) is 5.88 Å². The van der Waals surface area contributed by atoms with Crippen molar-refractivity contribution in [2.45, 2.75) is 6.92 Å². The number of nitrogens with zero attached hydrogens (tertiary/aromatic N) is 1. The van der Waals surface area contributed by atoms with Crippen molar-refractivity contribution in [1.82, 2.24) is 15.6 Å². The van der Waals surface area contributed by atoms with Gasteiger partial charge in [0.05, 0.1) is 11.6 Å². The normalized spacial score (nSPS) is 10.9. The smallest absolute Gasteiger partial charge is 0.232 e. The molecule has 1 aromatic rings. The number of hydrogen-bond donors (Lipinski definition) is 2. The zero-order valence-corrected chi connectivity index (χ0v) is 14.8. The van der Waals surface area contributed by atoms with Gasteiger partial charge in [-0.05, 0) is 13.1 Å². The molecule has 1 unspecified atom stereocenters. The average Bonchev–Trinajstić information content (AvgIpc) is 2.36. The van der Waals surface area contributed by atoms with E-state index in [1.165, 1.54) is 6.20 Å². The van der Waals surface area contributed by atoms with E-state index >= 15 is 0 Å². The summed E-state index contributed by atoms with van der Waals surface area (Å²) in [5.41, 5.74) is 0. The number of ether oxygens (including phenoxy) is 1. The number of pyridine rings is 1. The van der Waals surface area contributed by atoms with Crippen LogP contribution in [0.1, 0.15) is 6.92 Å². The second-order valence-corrected chi connectivity index (χ2v) is 4.88. The Kier molecular flexibility index (Phi) is 13.2. The van der Waals surface area contributed by atoms with Crippen molar-refractivity contribution in [3.63, 3.8) is 0 Å². The van der Waals surface area contributed by atoms with Crippen molar-refractivity contribution in [3.05, 3.63) is 22.3 Å². The fraction of sp³-hybridized carbons (Fsp3) is 0.500. The first kappa shape index (κ1) is 22.8. The molecule has 0 radical (unpaired) electrons. The lowest BCUT2D eigenvalue weighted by Gasteiger charge is -2.12. The molecule has 0 bridgehead atoms. The summed E-state index contributed by atoms with van der Waals surface area (Å²) in [5.74, 6) is 0.207. The Morgan fingerprint density at radius 1 is 1.43 bits per heavy atom. The third kappa shape index (κ3) is 8.53. The molecule has 122 valence electrons. The minimum atomic E-state index is -0.0813. The van der Waals surface area contributed by atoms with E-state index in [2.05, 4.69) is 15.6 Å². The number of nitrogens with one attached hydrogen (secondary N) is 2. The largest absolute Gasteiger partial charge is 0.475 e. The van der Waals surface area contributed by atoms with Gasteiger partial charge in [-0.1, -0.05) is 30.1 Å². The summed E-state index contributed by atoms with van der Waals surface area (Å²) in [6.07, 6.45) is 1.45. The molecular formula is C12H19Cl4N3O2. The van der Waals surface area contributed by atoms with Gasteiger partial charge in [0.1, 0.15) is 11.6 Å². The van der Waals surface area contributed by atoms with Gasteiger partial charge < -0.3 is 15.4 Å². The maximum Gasteiger partial charge on any atom is 0.232 e. The van der Waals surface area contributed by atoms with Crippen LogP contribution in [0, 0.1) is 5.92 Å². The van der Waals surface area contributed by atoms with Crippen molar-refractivity contribution in [1.29, 1.82) is 0 Å². The van der Waals surface area contributed by atoms with E-state index < -0.39 is 0 Å². The molecule has 21 heavy (non-hydrogen) atoms. The average molecular weight is 379 g/mol. The number of rotatable bonds is 7. The fourth-order valence-electron chi connectivity index (χ4n) is 1.40. The van der Waals surface area contributed by atoms with Gasteiger partial charge >= 0.3 is 0 Å². The van der Waals surface area contributed by atoms with Gasteiger partial charge in [-0.25, -0.2) is 4.98 Å². The van der Waals surface area contributed by atoms with E-state index in [0.29, 0.717) is 35.6 Å². The summed E-state index contributed by atoms with van der Waals surface area (Å²) >= 11 is 11.6. The molecule has 0 aromatic carbocycles. The molecule has 0 aliphatic carbocycles. The zero-order chi connectivity index (χ0) is 14.3. The first-order chi connectivity index (χ1) is 9.04. The molecule has 0 spiro atoms. The summed E-state index contributed by atoms with van der Waals surface area (Å²) in [4.78, 5) is 15.5. The highest BCUT2D eigenvalue weighted by Crippen LogP contribution is 2.24. The van der Waals surface area contributed by atoms with Crippen LogP contribution < -0.4 is 15.4 Å². The number of amides is 1. The Morgan fingerprint density at radius 2 is 2.10 bits per heavy atom. The lowest BCUT2D eigenvalue weighted by atomic mass is 10.1. The lowest BCUT2D eigenvalue weighted by Crippen LogP contribution is -2.36. The Balaban J connectivity index is 0. The first-order valence-corrected chi connectivity index (χ1v) is 6.66. The second-order valence-electron chi connectivity index (χ2n) is 4.04. The Morgan fingerprint density at radius 3 is 2.67 bits per heavy atom. The second kappa shape index (κ2) is 12.1. The van der Waals surface area contributed by atoms with Gasteiger partial charge in [-0.2, -0.15) is 0 Å². The first-order valence-electron chi connectivity index (χ1n) is 5.90. The van der Waals surface area contributed by atoms with Crippen molar-refractivity contribution in [2.75, 3.05) is 26.7 Å². The van der Waals surface area contributed by atoms with Crippen LogP contribution in [-0.4, -0.2) is 37.6 Å². The molecule has 0 aliphatic heterocycles. The van der Waals surface area contributed by atoms with Gasteiger partial charge in [-0.3, -0.25) is 4.79 Å². The number of halogens is 4. The molecule has 1 atom stereocenters. The van der Waals surface area contributed by atoms with Crippen LogP contribution in [0.3, 0.4) is 0 Å². The molecule has 0 aliphatic rings. The molecule has 1 aromatic heterocycles. The van der Waals surface area contributed by atoms with Gasteiger partial charge in [0.25, 0.3) is 0 Å². The van der Waals surface area contributed by atoms with E-state index in [1.807, 2.05) is 6.92 Å². The minimum Gasteiger partial charge on any atom is -0.475 e. The summed E-state index contributed by atoms with van der Waals surface area (Å²) in [6, 6.07) is 1.55. The molecule has 0 saturated heterocycles. The predicted molar refractivity (Wildman–Crippen MR) is 90.3 cm³/mol. The topological polar surface area (TPSA) is 63.2 Å². The van der Waals surface area contributed by atoms with Gasteiger partial charge in [0, 0.05) is 18.7 Å². The van der Waals surface area contributed by atoms with Gasteiger partial charge in [0.2, 0.25) is 11.8 Å². The highest BCUT2D eigenvalue weighted by molar-refractivity contribution is 6.35. The molecule has 1 amide bonds. The summed E-state index contributed by atoms with van der Waals surface area (Å²) in [6.45, 7) is 3.18. The fourth-order valence-corrected chi connectivity index (χ4v) is 1.84. The lowest BCUT2D eigenvalue weighted by molar-refractivity contribution is -0.124. The van der Waals surface area contributed by atoms with Crippen LogP contribution in [0.25, 0.3) is 0 Å². The molecular weight excluding hydrogens is 360 g/mol. The van der Waals surface area contributed by atoms with Crippen molar-refractivity contribution >= 4 is 53.9 Å². The highest BCUT2D eigenvalue weighted by atomic mass is 35.5. The maximum absolute atomic E-state index is 11.6.